The first-order chi connectivity index (χ1) is 18.9. The van der Waals surface area contributed by atoms with Crippen molar-refractivity contribution in [2.24, 2.45) is 0 Å². The first-order valence-corrected chi connectivity index (χ1v) is 14.9. The van der Waals surface area contributed by atoms with E-state index in [0.29, 0.717) is 15.6 Å². The molecule has 1 N–H and O–H groups in total. The molecule has 0 radical (unpaired) electrons. The largest absolute Gasteiger partial charge is 0.495 e. The van der Waals surface area contributed by atoms with Gasteiger partial charge in [0.05, 0.1) is 17.7 Å². The molecule has 0 aliphatic rings. The molecule has 8 nitrogen and oxygen atoms in total. The molecule has 0 unspecified atom stereocenters. The van der Waals surface area contributed by atoms with Crippen molar-refractivity contribution in [3.63, 3.8) is 0 Å². The van der Waals surface area contributed by atoms with Crippen LogP contribution in [0.25, 0.3) is 0 Å². The maximum absolute atomic E-state index is 14.1. The van der Waals surface area contributed by atoms with Gasteiger partial charge in [-0.2, -0.15) is 0 Å². The Labute approximate surface area is 249 Å². The van der Waals surface area contributed by atoms with Gasteiger partial charge in [0.25, 0.3) is 10.0 Å². The van der Waals surface area contributed by atoms with E-state index >= 15 is 0 Å². The number of carbonyl (C=O) groups is 2. The number of benzene rings is 3. The number of ether oxygens (including phenoxy) is 1. The minimum absolute atomic E-state index is 0.0352. The van der Waals surface area contributed by atoms with Crippen LogP contribution in [-0.2, 0) is 26.2 Å². The van der Waals surface area contributed by atoms with E-state index in [4.69, 9.17) is 39.5 Å². The van der Waals surface area contributed by atoms with Crippen molar-refractivity contribution in [3.8, 4) is 5.75 Å². The molecule has 12 heteroatoms. The highest BCUT2D eigenvalue weighted by molar-refractivity contribution is 7.92. The van der Waals surface area contributed by atoms with Gasteiger partial charge in [-0.1, -0.05) is 65.5 Å². The molecule has 0 bridgehead atoms. The normalized spacial score (nSPS) is 12.0. The molecular formula is C28H30Cl3N3O5S. The average molecular weight is 627 g/mol. The van der Waals surface area contributed by atoms with Crippen LogP contribution in [0.15, 0.2) is 65.6 Å². The Hall–Kier alpha value is -2.98. The maximum atomic E-state index is 14.1. The van der Waals surface area contributed by atoms with E-state index in [9.17, 15) is 18.0 Å². The van der Waals surface area contributed by atoms with Crippen molar-refractivity contribution in [1.82, 2.24) is 10.2 Å². The van der Waals surface area contributed by atoms with Gasteiger partial charge in [-0.3, -0.25) is 13.9 Å². The second kappa shape index (κ2) is 13.6. The molecule has 0 heterocycles. The predicted octanol–water partition coefficient (Wildman–Crippen LogP) is 5.71. The zero-order valence-corrected chi connectivity index (χ0v) is 25.5. The summed E-state index contributed by atoms with van der Waals surface area (Å²) < 4.78 is 34.4. The summed E-state index contributed by atoms with van der Waals surface area (Å²) in [5.41, 5.74) is 1.35. The monoisotopic (exact) mass is 625 g/mol. The second-order valence-electron chi connectivity index (χ2n) is 8.90. The summed E-state index contributed by atoms with van der Waals surface area (Å²) in [7, 11) is -1.46. The van der Waals surface area contributed by atoms with Gasteiger partial charge in [0.2, 0.25) is 11.8 Å². The van der Waals surface area contributed by atoms with E-state index < -0.39 is 34.4 Å². The smallest absolute Gasteiger partial charge is 0.264 e. The Morgan fingerprint density at radius 2 is 1.62 bits per heavy atom. The van der Waals surface area contributed by atoms with Crippen LogP contribution < -0.4 is 14.4 Å². The Morgan fingerprint density at radius 1 is 1.00 bits per heavy atom. The lowest BCUT2D eigenvalue weighted by Crippen LogP contribution is -2.51. The molecule has 2 amide bonds. The molecule has 0 fully saturated rings. The van der Waals surface area contributed by atoms with Crippen molar-refractivity contribution >= 4 is 62.3 Å². The van der Waals surface area contributed by atoms with Crippen LogP contribution in [-0.4, -0.2) is 51.9 Å². The first kappa shape index (κ1) is 31.5. The molecule has 0 spiro atoms. The summed E-state index contributed by atoms with van der Waals surface area (Å²) in [5.74, 6) is -0.900. The van der Waals surface area contributed by atoms with Gasteiger partial charge in [0.1, 0.15) is 18.3 Å². The number of aryl methyl sites for hydroxylation is 1. The van der Waals surface area contributed by atoms with Crippen molar-refractivity contribution in [2.75, 3.05) is 25.0 Å². The Balaban J connectivity index is 2.17. The first-order valence-electron chi connectivity index (χ1n) is 12.3. The highest BCUT2D eigenvalue weighted by Gasteiger charge is 2.35. The van der Waals surface area contributed by atoms with E-state index in [0.717, 1.165) is 9.87 Å². The molecule has 0 aliphatic carbocycles. The van der Waals surface area contributed by atoms with Gasteiger partial charge >= 0.3 is 0 Å². The van der Waals surface area contributed by atoms with Crippen LogP contribution in [0.3, 0.4) is 0 Å². The quantitative estimate of drug-likeness (QED) is 0.294. The van der Waals surface area contributed by atoms with Gasteiger partial charge in [-0.25, -0.2) is 8.42 Å². The summed E-state index contributed by atoms with van der Waals surface area (Å²) in [4.78, 5) is 28.2. The molecule has 214 valence electrons. The molecule has 3 aromatic carbocycles. The van der Waals surface area contributed by atoms with Crippen LogP contribution >= 0.6 is 34.8 Å². The minimum atomic E-state index is -4.30. The van der Waals surface area contributed by atoms with Crippen LogP contribution in [0.1, 0.15) is 24.5 Å². The highest BCUT2D eigenvalue weighted by atomic mass is 35.5. The third-order valence-corrected chi connectivity index (χ3v) is 9.04. The van der Waals surface area contributed by atoms with E-state index in [-0.39, 0.29) is 34.3 Å². The fourth-order valence-corrected chi connectivity index (χ4v) is 6.25. The number of nitrogens with one attached hydrogen (secondary N) is 1. The number of methoxy groups -OCH3 is 1. The molecule has 3 rings (SSSR count). The third-order valence-electron chi connectivity index (χ3n) is 6.32. The zero-order valence-electron chi connectivity index (χ0n) is 22.4. The predicted molar refractivity (Wildman–Crippen MR) is 159 cm³/mol. The number of nitrogens with zero attached hydrogens (tertiary/aromatic N) is 2. The maximum Gasteiger partial charge on any atom is 0.264 e. The molecular weight excluding hydrogens is 597 g/mol. The van der Waals surface area contributed by atoms with Crippen molar-refractivity contribution < 1.29 is 22.7 Å². The molecule has 0 saturated carbocycles. The van der Waals surface area contributed by atoms with E-state index in [1.807, 2.05) is 6.92 Å². The standard InChI is InChI=1S/C28H30Cl3N3O5S/c1-5-24(28(36)32-3)33(16-21-22(30)7-6-8-23(21)31)27(35)17-34(25-15-19(29)11-14-26(25)39-4)40(37,38)20-12-9-18(2)10-13-20/h6-15,24H,5,16-17H2,1-4H3,(H,32,36)/t24-/m1/s1. The lowest BCUT2D eigenvalue weighted by molar-refractivity contribution is -0.140. The van der Waals surface area contributed by atoms with E-state index in [1.54, 1.807) is 43.3 Å². The topological polar surface area (TPSA) is 96.0 Å². The van der Waals surface area contributed by atoms with Crippen LogP contribution in [0.5, 0.6) is 5.75 Å². The summed E-state index contributed by atoms with van der Waals surface area (Å²) in [6.45, 7) is 2.78. The summed E-state index contributed by atoms with van der Waals surface area (Å²) in [6.07, 6.45) is 0.249. The summed E-state index contributed by atoms with van der Waals surface area (Å²) in [5, 5.41) is 3.42. The number of hydrogen-bond acceptors (Lipinski definition) is 5. The molecule has 0 aliphatic heterocycles. The number of carbonyl (C=O) groups excluding carboxylic acids is 2. The summed E-state index contributed by atoms with van der Waals surface area (Å²) >= 11 is 19.1. The Kier molecular flexibility index (Phi) is 10.7. The van der Waals surface area contributed by atoms with Crippen molar-refractivity contribution in [2.45, 2.75) is 37.8 Å². The summed E-state index contributed by atoms with van der Waals surface area (Å²) in [6, 6.07) is 14.7. The lowest BCUT2D eigenvalue weighted by atomic mass is 10.1. The van der Waals surface area contributed by atoms with Gasteiger partial charge in [-0.05, 0) is 55.8 Å². The number of hydrogen-bond donors (Lipinski definition) is 1. The Morgan fingerprint density at radius 3 is 2.17 bits per heavy atom. The third kappa shape index (κ3) is 7.01. The minimum Gasteiger partial charge on any atom is -0.495 e. The number of anilines is 1. The number of rotatable bonds is 11. The highest BCUT2D eigenvalue weighted by Crippen LogP contribution is 2.35. The van der Waals surface area contributed by atoms with Gasteiger partial charge in [-0.15, -0.1) is 0 Å². The van der Waals surface area contributed by atoms with Crippen LogP contribution in [0, 0.1) is 6.92 Å². The van der Waals surface area contributed by atoms with Gasteiger partial charge in [0, 0.05) is 34.2 Å². The number of halogens is 3. The number of amides is 2. The van der Waals surface area contributed by atoms with Gasteiger partial charge < -0.3 is 15.0 Å². The number of sulfonamides is 1. The Bertz CT molecular complexity index is 1460. The van der Waals surface area contributed by atoms with Crippen LogP contribution in [0.2, 0.25) is 15.1 Å². The zero-order chi connectivity index (χ0) is 29.6. The second-order valence-corrected chi connectivity index (χ2v) is 12.0. The van der Waals surface area contributed by atoms with Crippen molar-refractivity contribution in [3.05, 3.63) is 86.9 Å². The number of likely N-dealkylation sites (N-methyl/N-ethyl adjacent to an activating group) is 1. The SMILES string of the molecule is CC[C@H](C(=O)NC)N(Cc1c(Cl)cccc1Cl)C(=O)CN(c1cc(Cl)ccc1OC)S(=O)(=O)c1ccc(C)cc1. The van der Waals surface area contributed by atoms with Crippen molar-refractivity contribution in [1.29, 1.82) is 0 Å². The fourth-order valence-electron chi connectivity index (χ4n) is 4.15. The van der Waals surface area contributed by atoms with Gasteiger partial charge in [0.15, 0.2) is 0 Å². The molecule has 0 saturated heterocycles. The van der Waals surface area contributed by atoms with E-state index in [2.05, 4.69) is 5.32 Å². The average Bonchev–Trinajstić information content (AvgIpc) is 2.92. The molecule has 0 aromatic heterocycles. The van der Waals surface area contributed by atoms with E-state index in [1.165, 1.54) is 43.3 Å². The molecule has 3 aromatic rings. The molecule has 40 heavy (non-hydrogen) atoms. The molecule has 1 atom stereocenters. The lowest BCUT2D eigenvalue weighted by Gasteiger charge is -2.33. The fraction of sp³-hybridized carbons (Fsp3) is 0.286. The van der Waals surface area contributed by atoms with Crippen LogP contribution in [0.4, 0.5) is 5.69 Å².